The van der Waals surface area contributed by atoms with E-state index < -0.39 is 0 Å². The van der Waals surface area contributed by atoms with Gasteiger partial charge in [0, 0.05) is 43.9 Å². The van der Waals surface area contributed by atoms with Crippen LogP contribution >= 0.6 is 24.8 Å². The van der Waals surface area contributed by atoms with Gasteiger partial charge in [-0.25, -0.2) is 0 Å². The third-order valence-corrected chi connectivity index (χ3v) is 4.25. The van der Waals surface area contributed by atoms with Gasteiger partial charge in [0.1, 0.15) is 0 Å². The van der Waals surface area contributed by atoms with Crippen molar-refractivity contribution in [1.82, 2.24) is 15.2 Å². The van der Waals surface area contributed by atoms with Gasteiger partial charge in [-0.15, -0.1) is 24.8 Å². The highest BCUT2D eigenvalue weighted by molar-refractivity contribution is 5.85. The molecule has 2 N–H and O–H groups in total. The number of benzene rings is 1. The summed E-state index contributed by atoms with van der Waals surface area (Å²) < 4.78 is 0. The number of aromatic amines is 1. The van der Waals surface area contributed by atoms with E-state index in [0.29, 0.717) is 12.0 Å². The number of H-pyrrole nitrogens is 1. The Kier molecular flexibility index (Phi) is 7.70. The van der Waals surface area contributed by atoms with Crippen LogP contribution in [0.2, 0.25) is 0 Å². The first-order valence-electron chi connectivity index (χ1n) is 7.76. The van der Waals surface area contributed by atoms with Crippen molar-refractivity contribution in [3.05, 3.63) is 36.0 Å². The molecule has 2 aromatic rings. The molecule has 5 heteroatoms. The number of piperazine rings is 1. The maximum atomic E-state index is 3.45. The summed E-state index contributed by atoms with van der Waals surface area (Å²) in [7, 11) is 0. The molecule has 22 heavy (non-hydrogen) atoms. The molecule has 3 nitrogen and oxygen atoms in total. The minimum Gasteiger partial charge on any atom is -0.361 e. The average molecular weight is 344 g/mol. The average Bonchev–Trinajstić information content (AvgIpc) is 2.93. The summed E-state index contributed by atoms with van der Waals surface area (Å²) in [5, 5.41) is 4.76. The van der Waals surface area contributed by atoms with Crippen molar-refractivity contribution in [3.8, 4) is 0 Å². The second-order valence-electron chi connectivity index (χ2n) is 6.26. The Hall–Kier alpha value is -0.740. The lowest BCUT2D eigenvalue weighted by atomic mass is 9.94. The van der Waals surface area contributed by atoms with Crippen molar-refractivity contribution in [2.75, 3.05) is 26.2 Å². The first kappa shape index (κ1) is 19.3. The van der Waals surface area contributed by atoms with Gasteiger partial charge < -0.3 is 10.3 Å². The van der Waals surface area contributed by atoms with Gasteiger partial charge >= 0.3 is 0 Å². The fourth-order valence-corrected chi connectivity index (χ4v) is 3.21. The van der Waals surface area contributed by atoms with Gasteiger partial charge in [0.15, 0.2) is 0 Å². The predicted molar refractivity (Wildman–Crippen MR) is 99.4 cm³/mol. The molecular weight excluding hydrogens is 317 g/mol. The molecule has 0 spiro atoms. The van der Waals surface area contributed by atoms with Crippen molar-refractivity contribution in [2.24, 2.45) is 5.92 Å². The van der Waals surface area contributed by atoms with Crippen molar-refractivity contribution < 1.29 is 0 Å². The summed E-state index contributed by atoms with van der Waals surface area (Å²) in [5.74, 6) is 0.717. The highest BCUT2D eigenvalue weighted by Crippen LogP contribution is 2.30. The maximum absolute atomic E-state index is 3.45. The minimum atomic E-state index is 0. The highest BCUT2D eigenvalue weighted by atomic mass is 35.5. The van der Waals surface area contributed by atoms with Gasteiger partial charge in [-0.05, 0) is 35.4 Å². The molecule has 1 aromatic heterocycles. The monoisotopic (exact) mass is 343 g/mol. The Morgan fingerprint density at radius 3 is 2.50 bits per heavy atom. The van der Waals surface area contributed by atoms with Crippen LogP contribution in [-0.4, -0.2) is 36.1 Å². The van der Waals surface area contributed by atoms with Gasteiger partial charge in [-0.1, -0.05) is 26.0 Å². The smallest absolute Gasteiger partial charge is 0.0457 e. The van der Waals surface area contributed by atoms with Crippen LogP contribution in [0.3, 0.4) is 0 Å². The SMILES string of the molecule is CC(C)C[C@H](c1ccc2cc[nH]c2c1)N1CCNCC1.Cl.Cl. The van der Waals surface area contributed by atoms with E-state index in [4.69, 9.17) is 0 Å². The number of halogens is 2. The molecule has 0 bridgehead atoms. The van der Waals surface area contributed by atoms with E-state index in [0.717, 1.165) is 26.2 Å². The lowest BCUT2D eigenvalue weighted by Gasteiger charge is -2.36. The van der Waals surface area contributed by atoms with Crippen molar-refractivity contribution in [3.63, 3.8) is 0 Å². The molecule has 0 amide bonds. The van der Waals surface area contributed by atoms with E-state index >= 15 is 0 Å². The van der Waals surface area contributed by atoms with Gasteiger partial charge in [0.2, 0.25) is 0 Å². The second-order valence-corrected chi connectivity index (χ2v) is 6.26. The second kappa shape index (κ2) is 8.78. The molecule has 1 saturated heterocycles. The van der Waals surface area contributed by atoms with E-state index in [1.165, 1.54) is 22.9 Å². The maximum Gasteiger partial charge on any atom is 0.0457 e. The van der Waals surface area contributed by atoms with Crippen LogP contribution in [0.25, 0.3) is 10.9 Å². The van der Waals surface area contributed by atoms with Crippen LogP contribution in [0.5, 0.6) is 0 Å². The summed E-state index contributed by atoms with van der Waals surface area (Å²) in [6.07, 6.45) is 3.25. The summed E-state index contributed by atoms with van der Waals surface area (Å²) in [6.45, 7) is 9.17. The quantitative estimate of drug-likeness (QED) is 0.878. The van der Waals surface area contributed by atoms with E-state index in [2.05, 4.69) is 53.3 Å². The van der Waals surface area contributed by atoms with Gasteiger partial charge in [-0.3, -0.25) is 4.90 Å². The molecular formula is C17H27Cl2N3. The van der Waals surface area contributed by atoms with Crippen LogP contribution in [0.4, 0.5) is 0 Å². The molecule has 0 unspecified atom stereocenters. The first-order valence-corrected chi connectivity index (χ1v) is 7.76. The summed E-state index contributed by atoms with van der Waals surface area (Å²) in [5.41, 5.74) is 2.71. The zero-order chi connectivity index (χ0) is 13.9. The number of nitrogens with one attached hydrogen (secondary N) is 2. The number of fused-ring (bicyclic) bond motifs is 1. The topological polar surface area (TPSA) is 31.1 Å². The van der Waals surface area contributed by atoms with Crippen LogP contribution < -0.4 is 5.32 Å². The van der Waals surface area contributed by atoms with Crippen LogP contribution in [-0.2, 0) is 0 Å². The molecule has 0 radical (unpaired) electrons. The Balaban J connectivity index is 0.00000121. The van der Waals surface area contributed by atoms with Crippen molar-refractivity contribution in [1.29, 1.82) is 0 Å². The van der Waals surface area contributed by atoms with E-state index in [9.17, 15) is 0 Å². The van der Waals surface area contributed by atoms with Crippen molar-refractivity contribution >= 4 is 35.7 Å². The lowest BCUT2D eigenvalue weighted by Crippen LogP contribution is -2.45. The fourth-order valence-electron chi connectivity index (χ4n) is 3.21. The van der Waals surface area contributed by atoms with Crippen LogP contribution in [0.15, 0.2) is 30.5 Å². The number of nitrogens with zero attached hydrogens (tertiary/aromatic N) is 1. The molecule has 124 valence electrons. The molecule has 1 atom stereocenters. The Bertz CT molecular complexity index is 562. The highest BCUT2D eigenvalue weighted by Gasteiger charge is 2.23. The third-order valence-electron chi connectivity index (χ3n) is 4.25. The molecule has 1 aliphatic heterocycles. The Morgan fingerprint density at radius 1 is 1.09 bits per heavy atom. The van der Waals surface area contributed by atoms with Crippen LogP contribution in [0, 0.1) is 5.92 Å². The number of aromatic nitrogens is 1. The number of hydrogen-bond donors (Lipinski definition) is 2. The minimum absolute atomic E-state index is 0. The summed E-state index contributed by atoms with van der Waals surface area (Å²) in [4.78, 5) is 5.98. The molecule has 1 fully saturated rings. The first-order chi connectivity index (χ1) is 9.74. The molecule has 3 rings (SSSR count). The molecule has 1 aliphatic rings. The zero-order valence-electron chi connectivity index (χ0n) is 13.3. The summed E-state index contributed by atoms with van der Waals surface area (Å²) in [6, 6.07) is 9.58. The van der Waals surface area contributed by atoms with Crippen molar-refractivity contribution in [2.45, 2.75) is 26.3 Å². The molecule has 0 aliphatic carbocycles. The Labute approximate surface area is 145 Å². The zero-order valence-corrected chi connectivity index (χ0v) is 15.0. The molecule has 2 heterocycles. The fraction of sp³-hybridized carbons (Fsp3) is 0.529. The van der Waals surface area contributed by atoms with E-state index in [-0.39, 0.29) is 24.8 Å². The number of hydrogen-bond acceptors (Lipinski definition) is 2. The van der Waals surface area contributed by atoms with Gasteiger partial charge in [0.05, 0.1) is 0 Å². The summed E-state index contributed by atoms with van der Waals surface area (Å²) >= 11 is 0. The van der Waals surface area contributed by atoms with E-state index in [1.54, 1.807) is 0 Å². The third kappa shape index (κ3) is 4.39. The number of rotatable bonds is 4. The van der Waals surface area contributed by atoms with E-state index in [1.807, 2.05) is 6.20 Å². The predicted octanol–water partition coefficient (Wildman–Crippen LogP) is 4.00. The lowest BCUT2D eigenvalue weighted by molar-refractivity contribution is 0.154. The van der Waals surface area contributed by atoms with Gasteiger partial charge in [-0.2, -0.15) is 0 Å². The molecule has 1 aromatic carbocycles. The van der Waals surface area contributed by atoms with Crippen LogP contribution in [0.1, 0.15) is 31.9 Å². The standard InChI is InChI=1S/C17H25N3.2ClH/c1-13(2)11-17(20-9-7-18-8-10-20)15-4-3-14-5-6-19-16(14)12-15;;/h3-6,12-13,17-19H,7-11H2,1-2H3;2*1H/t17-;;/m1../s1. The normalized spacial score (nSPS) is 17.0. The largest absolute Gasteiger partial charge is 0.361 e. The Morgan fingerprint density at radius 2 is 1.82 bits per heavy atom. The molecule has 0 saturated carbocycles. The van der Waals surface area contributed by atoms with Gasteiger partial charge in [0.25, 0.3) is 0 Å².